The molecule has 2 rings (SSSR count). The third-order valence-corrected chi connectivity index (χ3v) is 3.08. The minimum absolute atomic E-state index is 0.499. The highest BCUT2D eigenvalue weighted by Gasteiger charge is 2.22. The molecule has 1 heterocycles. The average Bonchev–Trinajstić information content (AvgIpc) is 2.18. The van der Waals surface area contributed by atoms with E-state index in [1.807, 2.05) is 0 Å². The van der Waals surface area contributed by atoms with Crippen LogP contribution in [-0.4, -0.2) is 12.1 Å². The van der Waals surface area contributed by atoms with Crippen LogP contribution in [0.2, 0.25) is 0 Å². The van der Waals surface area contributed by atoms with Crippen molar-refractivity contribution in [2.75, 3.05) is 4.90 Å². The maximum atomic E-state index is 2.49. The molecule has 1 aromatic carbocycles. The first-order valence-electron chi connectivity index (χ1n) is 5.67. The van der Waals surface area contributed by atoms with Crippen LogP contribution in [0, 0.1) is 6.92 Å². The van der Waals surface area contributed by atoms with Crippen molar-refractivity contribution in [2.24, 2.45) is 0 Å². The van der Waals surface area contributed by atoms with Gasteiger partial charge in [-0.25, -0.2) is 0 Å². The summed E-state index contributed by atoms with van der Waals surface area (Å²) in [5, 5.41) is 0. The van der Waals surface area contributed by atoms with Gasteiger partial charge < -0.3 is 4.90 Å². The van der Waals surface area contributed by atoms with Gasteiger partial charge in [-0.2, -0.15) is 0 Å². The van der Waals surface area contributed by atoms with Gasteiger partial charge in [-0.1, -0.05) is 30.4 Å². The monoisotopic (exact) mass is 201 g/mol. The molecule has 0 saturated heterocycles. The Bertz CT molecular complexity index is 390. The zero-order valence-corrected chi connectivity index (χ0v) is 9.99. The number of rotatable bonds is 1. The van der Waals surface area contributed by atoms with Crippen LogP contribution in [0.4, 0.5) is 5.69 Å². The van der Waals surface area contributed by atoms with E-state index < -0.39 is 0 Å². The molecule has 1 aliphatic rings. The van der Waals surface area contributed by atoms with Gasteiger partial charge in [0.1, 0.15) is 0 Å². The van der Waals surface area contributed by atoms with E-state index in [4.69, 9.17) is 0 Å². The van der Waals surface area contributed by atoms with Crippen LogP contribution in [0.15, 0.2) is 24.3 Å². The van der Waals surface area contributed by atoms with E-state index in [9.17, 15) is 0 Å². The summed E-state index contributed by atoms with van der Waals surface area (Å²) in [4.78, 5) is 2.49. The molecular formula is C14H19N. The number of hydrogen-bond acceptors (Lipinski definition) is 1. The van der Waals surface area contributed by atoms with Crippen LogP contribution in [0.3, 0.4) is 0 Å². The Kier molecular flexibility index (Phi) is 2.56. The fraction of sp³-hybridized carbons (Fsp3) is 0.429. The molecule has 0 saturated carbocycles. The van der Waals surface area contributed by atoms with E-state index in [2.05, 4.69) is 62.9 Å². The van der Waals surface area contributed by atoms with Gasteiger partial charge in [0.2, 0.25) is 0 Å². The van der Waals surface area contributed by atoms with Crippen LogP contribution >= 0.6 is 0 Å². The highest BCUT2D eigenvalue weighted by Crippen LogP contribution is 2.33. The van der Waals surface area contributed by atoms with Gasteiger partial charge in [0, 0.05) is 17.8 Å². The van der Waals surface area contributed by atoms with Gasteiger partial charge in [0.15, 0.2) is 0 Å². The van der Waals surface area contributed by atoms with Crippen molar-refractivity contribution in [1.29, 1.82) is 0 Å². The molecule has 1 nitrogen and oxygen atoms in total. The quantitative estimate of drug-likeness (QED) is 0.670. The summed E-state index contributed by atoms with van der Waals surface area (Å²) in [7, 11) is 0. The second-order valence-corrected chi connectivity index (χ2v) is 4.61. The highest BCUT2D eigenvalue weighted by molar-refractivity contribution is 5.75. The van der Waals surface area contributed by atoms with Crippen molar-refractivity contribution >= 4 is 11.8 Å². The first-order chi connectivity index (χ1) is 7.11. The zero-order valence-electron chi connectivity index (χ0n) is 9.99. The van der Waals surface area contributed by atoms with Crippen LogP contribution in [0.1, 0.15) is 31.9 Å². The van der Waals surface area contributed by atoms with Crippen LogP contribution in [0.25, 0.3) is 6.08 Å². The number of fused-ring (bicyclic) bond motifs is 1. The van der Waals surface area contributed by atoms with Gasteiger partial charge in [-0.15, -0.1) is 0 Å². The van der Waals surface area contributed by atoms with Crippen molar-refractivity contribution in [1.82, 2.24) is 0 Å². The average molecular weight is 201 g/mol. The summed E-state index contributed by atoms with van der Waals surface area (Å²) in [5.41, 5.74) is 4.13. The molecule has 0 aromatic heterocycles. The number of aryl methyl sites for hydroxylation is 1. The Hall–Kier alpha value is -1.24. The minimum Gasteiger partial charge on any atom is -0.362 e. The molecule has 0 radical (unpaired) electrons. The molecule has 0 bridgehead atoms. The van der Waals surface area contributed by atoms with Gasteiger partial charge in [0.25, 0.3) is 0 Å². The molecule has 1 unspecified atom stereocenters. The number of nitrogens with zero attached hydrogens (tertiary/aromatic N) is 1. The number of anilines is 1. The Morgan fingerprint density at radius 1 is 1.27 bits per heavy atom. The third kappa shape index (κ3) is 1.67. The molecule has 0 fully saturated rings. The summed E-state index contributed by atoms with van der Waals surface area (Å²) < 4.78 is 0. The predicted octanol–water partition coefficient (Wildman–Crippen LogP) is 3.63. The fourth-order valence-electron chi connectivity index (χ4n) is 2.44. The Balaban J connectivity index is 2.57. The minimum atomic E-state index is 0.499. The number of para-hydroxylation sites is 1. The molecule has 0 aliphatic carbocycles. The molecule has 0 amide bonds. The fourth-order valence-corrected chi connectivity index (χ4v) is 2.44. The molecule has 1 atom stereocenters. The zero-order chi connectivity index (χ0) is 11.0. The second kappa shape index (κ2) is 3.73. The first-order valence-corrected chi connectivity index (χ1v) is 5.67. The largest absolute Gasteiger partial charge is 0.362 e. The molecule has 80 valence electrons. The van der Waals surface area contributed by atoms with Crippen LogP contribution < -0.4 is 4.90 Å². The Morgan fingerprint density at radius 2 is 2.00 bits per heavy atom. The Morgan fingerprint density at radius 3 is 2.67 bits per heavy atom. The van der Waals surface area contributed by atoms with E-state index in [1.54, 1.807) is 0 Å². The lowest BCUT2D eigenvalue weighted by Gasteiger charge is -2.38. The van der Waals surface area contributed by atoms with Gasteiger partial charge in [0.05, 0.1) is 0 Å². The van der Waals surface area contributed by atoms with E-state index in [-0.39, 0.29) is 0 Å². The summed E-state index contributed by atoms with van der Waals surface area (Å²) in [6.45, 7) is 8.96. The third-order valence-electron chi connectivity index (χ3n) is 3.08. The molecular weight excluding hydrogens is 182 g/mol. The molecule has 0 spiro atoms. The van der Waals surface area contributed by atoms with E-state index in [0.29, 0.717) is 12.1 Å². The predicted molar refractivity (Wildman–Crippen MR) is 67.3 cm³/mol. The first kappa shape index (κ1) is 10.3. The maximum absolute atomic E-state index is 2.49. The van der Waals surface area contributed by atoms with Crippen molar-refractivity contribution in [2.45, 2.75) is 39.8 Å². The molecule has 0 N–H and O–H groups in total. The standard InChI is InChI=1S/C14H19N/c1-10(2)15-12(4)8-9-13-7-5-6-11(3)14(13)15/h5-10,12H,1-4H3. The Labute approximate surface area is 92.4 Å². The summed E-state index contributed by atoms with van der Waals surface area (Å²) >= 11 is 0. The molecule has 1 aromatic rings. The van der Waals surface area contributed by atoms with Gasteiger partial charge in [-0.05, 0) is 38.8 Å². The van der Waals surface area contributed by atoms with Crippen molar-refractivity contribution in [3.63, 3.8) is 0 Å². The van der Waals surface area contributed by atoms with Crippen molar-refractivity contribution in [3.05, 3.63) is 35.4 Å². The summed E-state index contributed by atoms with van der Waals surface area (Å²) in [6, 6.07) is 7.57. The molecule has 1 aliphatic heterocycles. The van der Waals surface area contributed by atoms with Crippen molar-refractivity contribution < 1.29 is 0 Å². The maximum Gasteiger partial charge on any atom is 0.0476 e. The second-order valence-electron chi connectivity index (χ2n) is 4.61. The normalized spacial score (nSPS) is 19.5. The van der Waals surface area contributed by atoms with E-state index in [1.165, 1.54) is 16.8 Å². The van der Waals surface area contributed by atoms with Crippen molar-refractivity contribution in [3.8, 4) is 0 Å². The summed E-state index contributed by atoms with van der Waals surface area (Å²) in [6.07, 6.45) is 4.52. The van der Waals surface area contributed by atoms with Gasteiger partial charge >= 0.3 is 0 Å². The smallest absolute Gasteiger partial charge is 0.0476 e. The number of hydrogen-bond donors (Lipinski definition) is 0. The van der Waals surface area contributed by atoms with E-state index >= 15 is 0 Å². The topological polar surface area (TPSA) is 3.24 Å². The van der Waals surface area contributed by atoms with E-state index in [0.717, 1.165) is 0 Å². The SMILES string of the molecule is Cc1cccc2c1N(C(C)C)C(C)C=C2. The molecule has 1 heteroatoms. The lowest BCUT2D eigenvalue weighted by molar-refractivity contribution is 0.636. The highest BCUT2D eigenvalue weighted by atomic mass is 15.2. The number of benzene rings is 1. The lowest BCUT2D eigenvalue weighted by atomic mass is 9.98. The summed E-state index contributed by atoms with van der Waals surface area (Å²) in [5.74, 6) is 0. The van der Waals surface area contributed by atoms with Crippen LogP contribution in [0.5, 0.6) is 0 Å². The van der Waals surface area contributed by atoms with Gasteiger partial charge in [-0.3, -0.25) is 0 Å². The van der Waals surface area contributed by atoms with Crippen LogP contribution in [-0.2, 0) is 0 Å². The molecule has 15 heavy (non-hydrogen) atoms. The lowest BCUT2D eigenvalue weighted by Crippen LogP contribution is -2.40.